The van der Waals surface area contributed by atoms with Crippen LogP contribution in [0.25, 0.3) is 0 Å². The van der Waals surface area contributed by atoms with Crippen LogP contribution in [0, 0.1) is 0 Å². The highest BCUT2D eigenvalue weighted by molar-refractivity contribution is 6.31. The summed E-state index contributed by atoms with van der Waals surface area (Å²) in [6.45, 7) is 0.261. The Morgan fingerprint density at radius 1 is 1.35 bits per heavy atom. The van der Waals surface area contributed by atoms with E-state index in [-0.39, 0.29) is 10.7 Å². The molecule has 128 valence electrons. The molecule has 11 heteroatoms. The maximum Gasteiger partial charge on any atom is 0.573 e. The highest BCUT2D eigenvalue weighted by Crippen LogP contribution is 2.32. The number of nitrogens with one attached hydrogen (secondary N) is 2. The summed E-state index contributed by atoms with van der Waals surface area (Å²) in [5, 5.41) is 22.1. The number of urea groups is 1. The van der Waals surface area contributed by atoms with Gasteiger partial charge in [0, 0.05) is 5.02 Å². The SMILES string of the molecule is CC(O)(CNC(=O)Nc1cc(Cl)ccc1OC(F)(F)F)C(=O)O. The number of amides is 2. The van der Waals surface area contributed by atoms with E-state index in [1.54, 1.807) is 0 Å². The Morgan fingerprint density at radius 2 is 1.96 bits per heavy atom. The van der Waals surface area contributed by atoms with Gasteiger partial charge in [0.25, 0.3) is 0 Å². The van der Waals surface area contributed by atoms with Gasteiger partial charge in [-0.25, -0.2) is 9.59 Å². The van der Waals surface area contributed by atoms with Crippen LogP contribution in [-0.4, -0.2) is 40.7 Å². The molecule has 0 aliphatic rings. The van der Waals surface area contributed by atoms with Gasteiger partial charge in [-0.2, -0.15) is 0 Å². The number of aliphatic hydroxyl groups is 1. The number of anilines is 1. The van der Waals surface area contributed by atoms with E-state index in [1.165, 1.54) is 0 Å². The van der Waals surface area contributed by atoms with Crippen LogP contribution in [0.3, 0.4) is 0 Å². The van der Waals surface area contributed by atoms with E-state index >= 15 is 0 Å². The number of carbonyl (C=O) groups is 2. The van der Waals surface area contributed by atoms with Crippen LogP contribution >= 0.6 is 11.6 Å². The summed E-state index contributed by atoms with van der Waals surface area (Å²) >= 11 is 5.64. The Hall–Kier alpha value is -2.20. The topological polar surface area (TPSA) is 108 Å². The lowest BCUT2D eigenvalue weighted by Crippen LogP contribution is -2.47. The largest absolute Gasteiger partial charge is 0.573 e. The standard InChI is InChI=1S/C12H12ClF3N2O5/c1-11(22,9(19)20)5-17-10(21)18-7-4-6(13)2-3-8(7)23-12(14,15)16/h2-4,22H,5H2,1H3,(H,19,20)(H2,17,18,21). The molecule has 0 aromatic heterocycles. The first-order valence-electron chi connectivity index (χ1n) is 5.96. The molecule has 7 nitrogen and oxygen atoms in total. The number of alkyl halides is 3. The second-order valence-electron chi connectivity index (χ2n) is 4.57. The summed E-state index contributed by atoms with van der Waals surface area (Å²) in [5.74, 6) is -2.29. The first kappa shape index (κ1) is 18.8. The molecule has 23 heavy (non-hydrogen) atoms. The first-order valence-corrected chi connectivity index (χ1v) is 6.34. The zero-order valence-corrected chi connectivity index (χ0v) is 12.3. The van der Waals surface area contributed by atoms with Gasteiger partial charge < -0.3 is 25.6 Å². The van der Waals surface area contributed by atoms with Gasteiger partial charge >= 0.3 is 18.4 Å². The first-order chi connectivity index (χ1) is 10.4. The van der Waals surface area contributed by atoms with Crippen LogP contribution in [-0.2, 0) is 4.79 Å². The third kappa shape index (κ3) is 6.20. The summed E-state index contributed by atoms with van der Waals surface area (Å²) in [4.78, 5) is 22.3. The number of aliphatic carboxylic acids is 1. The molecule has 0 radical (unpaired) electrons. The van der Waals surface area contributed by atoms with E-state index in [1.807, 2.05) is 10.6 Å². The van der Waals surface area contributed by atoms with Crippen LogP contribution < -0.4 is 15.4 Å². The fourth-order valence-electron chi connectivity index (χ4n) is 1.31. The number of benzene rings is 1. The van der Waals surface area contributed by atoms with E-state index in [4.69, 9.17) is 16.7 Å². The summed E-state index contributed by atoms with van der Waals surface area (Å²) in [6, 6.07) is 1.98. The van der Waals surface area contributed by atoms with E-state index < -0.39 is 36.3 Å². The molecule has 0 heterocycles. The predicted molar refractivity (Wildman–Crippen MR) is 73.4 cm³/mol. The lowest BCUT2D eigenvalue weighted by molar-refractivity contribution is -0.274. The van der Waals surface area contributed by atoms with Crippen molar-refractivity contribution in [1.82, 2.24) is 5.32 Å². The molecule has 0 saturated carbocycles. The second-order valence-corrected chi connectivity index (χ2v) is 5.01. The molecular formula is C12H12ClF3N2O5. The van der Waals surface area contributed by atoms with Gasteiger partial charge in [-0.05, 0) is 25.1 Å². The monoisotopic (exact) mass is 356 g/mol. The van der Waals surface area contributed by atoms with Crippen molar-refractivity contribution >= 4 is 29.3 Å². The van der Waals surface area contributed by atoms with Gasteiger partial charge in [-0.15, -0.1) is 13.2 Å². The van der Waals surface area contributed by atoms with Gasteiger partial charge in [0.2, 0.25) is 0 Å². The predicted octanol–water partition coefficient (Wildman–Crippen LogP) is 2.20. The number of rotatable bonds is 5. The summed E-state index contributed by atoms with van der Waals surface area (Å²) < 4.78 is 40.5. The molecule has 2 amide bonds. The van der Waals surface area contributed by atoms with Crippen LogP contribution in [0.5, 0.6) is 5.75 Å². The minimum atomic E-state index is -4.98. The van der Waals surface area contributed by atoms with Crippen molar-refractivity contribution < 1.29 is 37.7 Å². The molecule has 1 aromatic rings. The van der Waals surface area contributed by atoms with Crippen LogP contribution in [0.15, 0.2) is 18.2 Å². The zero-order chi connectivity index (χ0) is 17.8. The fraction of sp³-hybridized carbons (Fsp3) is 0.333. The van der Waals surface area contributed by atoms with Gasteiger partial charge in [0.1, 0.15) is 0 Å². The maximum absolute atomic E-state index is 12.3. The number of carboxylic acids is 1. The highest BCUT2D eigenvalue weighted by Gasteiger charge is 2.33. The zero-order valence-electron chi connectivity index (χ0n) is 11.6. The van der Waals surface area contributed by atoms with E-state index in [9.17, 15) is 27.9 Å². The Bertz CT molecular complexity index is 607. The van der Waals surface area contributed by atoms with E-state index in [0.29, 0.717) is 0 Å². The number of hydrogen-bond acceptors (Lipinski definition) is 4. The van der Waals surface area contributed by atoms with Crippen molar-refractivity contribution in [1.29, 1.82) is 0 Å². The molecule has 0 saturated heterocycles. The molecule has 1 unspecified atom stereocenters. The Labute approximate surface area is 133 Å². The average molecular weight is 357 g/mol. The molecule has 0 aliphatic carbocycles. The van der Waals surface area contributed by atoms with E-state index in [2.05, 4.69) is 4.74 Å². The molecule has 0 spiro atoms. The molecular weight excluding hydrogens is 345 g/mol. The average Bonchev–Trinajstić information content (AvgIpc) is 2.38. The molecule has 0 fully saturated rings. The smallest absolute Gasteiger partial charge is 0.479 e. The maximum atomic E-state index is 12.3. The Balaban J connectivity index is 2.81. The van der Waals surface area contributed by atoms with Crippen molar-refractivity contribution in [3.63, 3.8) is 0 Å². The van der Waals surface area contributed by atoms with Gasteiger partial charge in [0.15, 0.2) is 11.4 Å². The summed E-state index contributed by atoms with van der Waals surface area (Å²) in [5.41, 5.74) is -2.63. The minimum absolute atomic E-state index is 0.0346. The third-order valence-electron chi connectivity index (χ3n) is 2.47. The molecule has 0 bridgehead atoms. The highest BCUT2D eigenvalue weighted by atomic mass is 35.5. The van der Waals surface area contributed by atoms with Crippen molar-refractivity contribution in [2.45, 2.75) is 18.9 Å². The second kappa shape index (κ2) is 6.92. The molecule has 1 aromatic carbocycles. The number of carbonyl (C=O) groups excluding carboxylic acids is 1. The van der Waals surface area contributed by atoms with Crippen molar-refractivity contribution in [3.05, 3.63) is 23.2 Å². The number of halogens is 4. The summed E-state index contributed by atoms with van der Waals surface area (Å²) in [7, 11) is 0. The minimum Gasteiger partial charge on any atom is -0.479 e. The lowest BCUT2D eigenvalue weighted by atomic mass is 10.1. The molecule has 1 rings (SSSR count). The quantitative estimate of drug-likeness (QED) is 0.647. The van der Waals surface area contributed by atoms with Crippen molar-refractivity contribution in [2.24, 2.45) is 0 Å². The Kier molecular flexibility index (Phi) is 5.67. The molecule has 4 N–H and O–H groups in total. The fourth-order valence-corrected chi connectivity index (χ4v) is 1.48. The van der Waals surface area contributed by atoms with Gasteiger partial charge in [0.05, 0.1) is 12.2 Å². The normalized spacial score (nSPS) is 13.8. The summed E-state index contributed by atoms with van der Waals surface area (Å²) in [6.07, 6.45) is -4.98. The molecule has 1 atom stereocenters. The Morgan fingerprint density at radius 3 is 2.48 bits per heavy atom. The van der Waals surface area contributed by atoms with Crippen LogP contribution in [0.4, 0.5) is 23.7 Å². The number of hydrogen-bond donors (Lipinski definition) is 4. The molecule has 0 aliphatic heterocycles. The van der Waals surface area contributed by atoms with Crippen LogP contribution in [0.1, 0.15) is 6.92 Å². The van der Waals surface area contributed by atoms with Gasteiger partial charge in [-0.3, -0.25) is 0 Å². The van der Waals surface area contributed by atoms with Crippen molar-refractivity contribution in [3.8, 4) is 5.75 Å². The number of ether oxygens (including phenoxy) is 1. The van der Waals surface area contributed by atoms with Gasteiger partial charge in [-0.1, -0.05) is 11.6 Å². The number of carboxylic acid groups (broad SMARTS) is 1. The third-order valence-corrected chi connectivity index (χ3v) is 2.70. The van der Waals surface area contributed by atoms with E-state index in [0.717, 1.165) is 25.1 Å². The lowest BCUT2D eigenvalue weighted by Gasteiger charge is -2.19. The van der Waals surface area contributed by atoms with Crippen molar-refractivity contribution in [2.75, 3.05) is 11.9 Å². The van der Waals surface area contributed by atoms with Crippen LogP contribution in [0.2, 0.25) is 5.02 Å².